The molecule has 0 fully saturated rings. The van der Waals surface area contributed by atoms with E-state index in [1.807, 2.05) is 34.8 Å². The van der Waals surface area contributed by atoms with Crippen molar-refractivity contribution in [1.29, 1.82) is 0 Å². The lowest BCUT2D eigenvalue weighted by atomic mass is 9.95. The highest BCUT2D eigenvalue weighted by Gasteiger charge is 2.26. The van der Waals surface area contributed by atoms with Gasteiger partial charge in [-0.25, -0.2) is 9.98 Å². The van der Waals surface area contributed by atoms with Crippen LogP contribution in [0.5, 0.6) is 0 Å². The summed E-state index contributed by atoms with van der Waals surface area (Å²) in [6.07, 6.45) is 6.41. The molecule has 0 amide bonds. The van der Waals surface area contributed by atoms with Crippen LogP contribution >= 0.6 is 22.7 Å². The summed E-state index contributed by atoms with van der Waals surface area (Å²) in [5.41, 5.74) is 11.0. The summed E-state index contributed by atoms with van der Waals surface area (Å²) < 4.78 is 7.70. The summed E-state index contributed by atoms with van der Waals surface area (Å²) in [6, 6.07) is 56.8. The van der Waals surface area contributed by atoms with Crippen molar-refractivity contribution in [3.05, 3.63) is 192 Å². The number of nitrogens with one attached hydrogen (secondary N) is 1. The van der Waals surface area contributed by atoms with Crippen LogP contribution in [0.2, 0.25) is 0 Å². The number of fused-ring (bicyclic) bond motifs is 9. The lowest BCUT2D eigenvalue weighted by Gasteiger charge is -2.24. The molecule has 0 radical (unpaired) electrons. The van der Waals surface area contributed by atoms with E-state index in [1.165, 1.54) is 79.3 Å². The lowest BCUT2D eigenvalue weighted by molar-refractivity contribution is 0.680. The van der Waals surface area contributed by atoms with Gasteiger partial charge in [-0.3, -0.25) is 0 Å². The van der Waals surface area contributed by atoms with Gasteiger partial charge in [-0.15, -0.1) is 22.7 Å². The van der Waals surface area contributed by atoms with Crippen LogP contribution in [0.3, 0.4) is 0 Å². The Morgan fingerprint density at radius 3 is 2.12 bits per heavy atom. The molecule has 57 heavy (non-hydrogen) atoms. The molecule has 1 aliphatic carbocycles. The maximum absolute atomic E-state index is 5.32. The van der Waals surface area contributed by atoms with Gasteiger partial charge in [-0.2, -0.15) is 0 Å². The van der Waals surface area contributed by atoms with Crippen molar-refractivity contribution in [3.63, 3.8) is 0 Å². The van der Waals surface area contributed by atoms with Gasteiger partial charge >= 0.3 is 0 Å². The van der Waals surface area contributed by atoms with E-state index in [1.54, 1.807) is 0 Å². The first-order chi connectivity index (χ1) is 28.3. The summed E-state index contributed by atoms with van der Waals surface area (Å²) in [5, 5.41) is 10.2. The molecule has 4 nitrogen and oxygen atoms in total. The third kappa shape index (κ3) is 5.11. The highest BCUT2D eigenvalue weighted by Crippen LogP contribution is 2.48. The van der Waals surface area contributed by atoms with Crippen LogP contribution in [0, 0.1) is 0 Å². The molecule has 0 bridgehead atoms. The zero-order valence-corrected chi connectivity index (χ0v) is 32.4. The SMILES string of the molecule is C1=Cc2c(n(-c3cccc4c3sc3c(-c5cccc6sc7cccc(C8N=C(c9ccccc9)N=C(c9ccccc9)N8)c7c56)cccc34)c3ccccc23)CC1. The third-order valence-corrected chi connectivity index (χ3v) is 14.0. The zero-order chi connectivity index (χ0) is 37.5. The first kappa shape index (κ1) is 32.6. The molecule has 7 aromatic carbocycles. The summed E-state index contributed by atoms with van der Waals surface area (Å²) >= 11 is 3.78. The number of allylic oxidation sites excluding steroid dienone is 1. The number of rotatable bonds is 5. The van der Waals surface area contributed by atoms with E-state index >= 15 is 0 Å². The summed E-state index contributed by atoms with van der Waals surface area (Å²) in [5.74, 6) is 1.55. The number of aliphatic imine (C=N–C) groups is 2. The lowest BCUT2D eigenvalue weighted by Crippen LogP contribution is -2.33. The van der Waals surface area contributed by atoms with Crippen molar-refractivity contribution in [2.45, 2.75) is 19.0 Å². The standard InChI is InChI=1S/C51H34N4S2/c1-3-15-31(16-4-1)49-52-50(32-17-5-2-6-18-32)54-51(53-49)39-25-14-30-44-46(39)45-35(21-13-29-43(45)56-44)36-22-11-23-37-38-24-12-28-42(48(38)57-47(36)37)55-40-26-9-7-19-33(40)34-20-8-10-27-41(34)55/h1-9,11-26,28-30,51H,10,27H2,(H,52,53,54). The largest absolute Gasteiger partial charge is 0.344 e. The van der Waals surface area contributed by atoms with Crippen molar-refractivity contribution in [3.8, 4) is 16.8 Å². The average Bonchev–Trinajstić information content (AvgIpc) is 3.97. The van der Waals surface area contributed by atoms with Crippen LogP contribution in [0.15, 0.2) is 174 Å². The average molecular weight is 767 g/mol. The predicted octanol–water partition coefficient (Wildman–Crippen LogP) is 13.5. The Hall–Kier alpha value is -6.60. The second kappa shape index (κ2) is 13.0. The molecule has 1 atom stereocenters. The smallest absolute Gasteiger partial charge is 0.159 e. The van der Waals surface area contributed by atoms with Crippen molar-refractivity contribution >= 4 is 91.7 Å². The molecule has 6 heteroatoms. The molecular formula is C51H34N4S2. The van der Waals surface area contributed by atoms with Crippen molar-refractivity contribution in [2.24, 2.45) is 9.98 Å². The van der Waals surface area contributed by atoms with Gasteiger partial charge in [0, 0.05) is 74.5 Å². The fourth-order valence-corrected chi connectivity index (χ4v) is 11.6. The van der Waals surface area contributed by atoms with E-state index in [9.17, 15) is 0 Å². The molecule has 10 aromatic rings. The van der Waals surface area contributed by atoms with E-state index in [4.69, 9.17) is 9.98 Å². The van der Waals surface area contributed by atoms with Gasteiger partial charge in [0.1, 0.15) is 12.0 Å². The molecule has 1 unspecified atom stereocenters. The van der Waals surface area contributed by atoms with E-state index in [0.717, 1.165) is 41.2 Å². The Morgan fingerprint density at radius 1 is 0.579 bits per heavy atom. The summed E-state index contributed by atoms with van der Waals surface area (Å²) in [7, 11) is 0. The van der Waals surface area contributed by atoms with Gasteiger partial charge in [-0.1, -0.05) is 146 Å². The van der Waals surface area contributed by atoms with Crippen LogP contribution in [0.4, 0.5) is 0 Å². The van der Waals surface area contributed by atoms with Gasteiger partial charge in [-0.05, 0) is 42.7 Å². The molecule has 0 saturated carbocycles. The van der Waals surface area contributed by atoms with Gasteiger partial charge < -0.3 is 9.88 Å². The number of aromatic nitrogens is 1. The molecule has 3 aromatic heterocycles. The van der Waals surface area contributed by atoms with Gasteiger partial charge in [0.05, 0.1) is 15.9 Å². The van der Waals surface area contributed by atoms with E-state index in [2.05, 4.69) is 168 Å². The molecular weight excluding hydrogens is 733 g/mol. The van der Waals surface area contributed by atoms with Crippen LogP contribution in [-0.2, 0) is 6.42 Å². The number of thiophene rings is 2. The fourth-order valence-electron chi connectivity index (χ4n) is 9.05. The number of benzene rings is 7. The van der Waals surface area contributed by atoms with Crippen molar-refractivity contribution < 1.29 is 0 Å². The van der Waals surface area contributed by atoms with Gasteiger partial charge in [0.25, 0.3) is 0 Å². The molecule has 2 aliphatic rings. The number of amidine groups is 2. The monoisotopic (exact) mass is 766 g/mol. The van der Waals surface area contributed by atoms with Crippen molar-refractivity contribution in [1.82, 2.24) is 9.88 Å². The Bertz CT molecular complexity index is 3330. The molecule has 12 rings (SSSR count). The maximum atomic E-state index is 5.32. The fraction of sp³-hybridized carbons (Fsp3) is 0.0588. The first-order valence-corrected chi connectivity index (χ1v) is 21.1. The van der Waals surface area contributed by atoms with E-state index < -0.39 is 0 Å². The minimum absolute atomic E-state index is 0.331. The normalized spacial score (nSPS) is 15.3. The third-order valence-electron chi connectivity index (χ3n) is 11.6. The van der Waals surface area contributed by atoms with E-state index in [0.29, 0.717) is 0 Å². The Morgan fingerprint density at radius 2 is 1.26 bits per heavy atom. The molecule has 1 aliphatic heterocycles. The van der Waals surface area contributed by atoms with Crippen LogP contribution < -0.4 is 5.32 Å². The Labute approximate surface area is 337 Å². The predicted molar refractivity (Wildman–Crippen MR) is 244 cm³/mol. The highest BCUT2D eigenvalue weighted by molar-refractivity contribution is 7.27. The second-order valence-corrected chi connectivity index (χ2v) is 16.9. The molecule has 4 heterocycles. The molecule has 0 saturated heterocycles. The first-order valence-electron chi connectivity index (χ1n) is 19.5. The molecule has 1 N–H and O–H groups in total. The summed E-state index contributed by atoms with van der Waals surface area (Å²) in [4.78, 5) is 10.4. The number of para-hydroxylation sites is 1. The zero-order valence-electron chi connectivity index (χ0n) is 30.8. The van der Waals surface area contributed by atoms with Gasteiger partial charge in [0.15, 0.2) is 5.84 Å². The van der Waals surface area contributed by atoms with E-state index in [-0.39, 0.29) is 6.17 Å². The van der Waals surface area contributed by atoms with Crippen LogP contribution in [0.25, 0.3) is 74.1 Å². The Balaban J connectivity index is 1.07. The Kier molecular flexibility index (Phi) is 7.43. The quantitative estimate of drug-likeness (QED) is 0.186. The molecule has 270 valence electrons. The maximum Gasteiger partial charge on any atom is 0.159 e. The minimum atomic E-state index is -0.331. The summed E-state index contributed by atoms with van der Waals surface area (Å²) in [6.45, 7) is 0. The van der Waals surface area contributed by atoms with Gasteiger partial charge in [0.2, 0.25) is 0 Å². The van der Waals surface area contributed by atoms with Crippen LogP contribution in [-0.4, -0.2) is 16.2 Å². The minimum Gasteiger partial charge on any atom is -0.344 e. The van der Waals surface area contributed by atoms with Crippen LogP contribution in [0.1, 0.15) is 40.5 Å². The number of nitrogens with zero attached hydrogens (tertiary/aromatic N) is 3. The topological polar surface area (TPSA) is 41.7 Å². The number of hydrogen-bond acceptors (Lipinski definition) is 5. The second-order valence-electron chi connectivity index (χ2n) is 14.8. The number of hydrogen-bond donors (Lipinski definition) is 1. The molecule has 0 spiro atoms. The highest BCUT2D eigenvalue weighted by atomic mass is 32.1. The van der Waals surface area contributed by atoms with Crippen molar-refractivity contribution in [2.75, 3.05) is 0 Å².